The summed E-state index contributed by atoms with van der Waals surface area (Å²) in [6.45, 7) is 7.09. The van der Waals surface area contributed by atoms with Crippen molar-refractivity contribution >= 4 is 52.3 Å². The van der Waals surface area contributed by atoms with Crippen LogP contribution < -0.4 is 15.5 Å². The number of para-hydroxylation sites is 1. The molecule has 2 aromatic rings. The van der Waals surface area contributed by atoms with Crippen LogP contribution in [0.4, 0.5) is 11.4 Å². The molecule has 1 fully saturated rings. The number of hydrogen-bond acceptors (Lipinski definition) is 4. The highest BCUT2D eigenvalue weighted by molar-refractivity contribution is 7.80. The van der Waals surface area contributed by atoms with Crippen molar-refractivity contribution in [3.05, 3.63) is 64.7 Å². The number of carbonyl (C=O) groups is 1. The second kappa shape index (κ2) is 10.6. The summed E-state index contributed by atoms with van der Waals surface area (Å²) in [5, 5.41) is 6.63. The molecule has 0 atom stereocenters. The normalized spacial score (nSPS) is 14.2. The first-order valence-electron chi connectivity index (χ1n) is 9.95. The molecule has 158 valence electrons. The fourth-order valence-electron chi connectivity index (χ4n) is 3.20. The number of halogens is 1. The van der Waals surface area contributed by atoms with Crippen molar-refractivity contribution in [1.82, 2.24) is 5.32 Å². The van der Waals surface area contributed by atoms with Crippen LogP contribution in [0.25, 0.3) is 6.08 Å². The number of morpholine rings is 1. The number of thiocarbonyl (C=S) groups is 1. The Hall–Kier alpha value is -2.41. The summed E-state index contributed by atoms with van der Waals surface area (Å²) in [5.41, 5.74) is 3.83. The van der Waals surface area contributed by atoms with Gasteiger partial charge in [0.1, 0.15) is 0 Å². The third-order valence-corrected chi connectivity index (χ3v) is 5.34. The fourth-order valence-corrected chi connectivity index (χ4v) is 3.70. The van der Waals surface area contributed by atoms with Crippen LogP contribution in [0.3, 0.4) is 0 Å². The predicted molar refractivity (Wildman–Crippen MR) is 128 cm³/mol. The molecule has 0 radical (unpaired) electrons. The Labute approximate surface area is 188 Å². The summed E-state index contributed by atoms with van der Waals surface area (Å²) in [6.07, 6.45) is 3.24. The SMILES string of the molecule is CC(C)c1ccc(C=CC(=O)NC(=S)Nc2cccc(Cl)c2N2CCOCC2)cc1. The van der Waals surface area contributed by atoms with Crippen LogP contribution in [0.15, 0.2) is 48.5 Å². The Balaban J connectivity index is 1.61. The van der Waals surface area contributed by atoms with Gasteiger partial charge in [0.25, 0.3) is 0 Å². The maximum atomic E-state index is 12.3. The van der Waals surface area contributed by atoms with Crippen LogP contribution in [0.2, 0.25) is 5.02 Å². The largest absolute Gasteiger partial charge is 0.378 e. The van der Waals surface area contributed by atoms with E-state index in [4.69, 9.17) is 28.6 Å². The lowest BCUT2D eigenvalue weighted by Gasteiger charge is -2.31. The van der Waals surface area contributed by atoms with Crippen molar-refractivity contribution in [3.8, 4) is 0 Å². The monoisotopic (exact) mass is 443 g/mol. The summed E-state index contributed by atoms with van der Waals surface area (Å²) >= 11 is 11.8. The lowest BCUT2D eigenvalue weighted by molar-refractivity contribution is -0.115. The molecular formula is C23H26ClN3O2S. The molecule has 1 saturated heterocycles. The average molecular weight is 444 g/mol. The van der Waals surface area contributed by atoms with Crippen LogP contribution in [0, 0.1) is 0 Å². The van der Waals surface area contributed by atoms with Crippen LogP contribution in [0.5, 0.6) is 0 Å². The molecule has 2 N–H and O–H groups in total. The maximum Gasteiger partial charge on any atom is 0.250 e. The molecular weight excluding hydrogens is 418 g/mol. The molecule has 0 bridgehead atoms. The molecule has 7 heteroatoms. The minimum atomic E-state index is -0.296. The Kier molecular flexibility index (Phi) is 7.85. The quantitative estimate of drug-likeness (QED) is 0.512. The molecule has 5 nitrogen and oxygen atoms in total. The number of amides is 1. The molecule has 0 spiro atoms. The summed E-state index contributed by atoms with van der Waals surface area (Å²) in [7, 11) is 0. The topological polar surface area (TPSA) is 53.6 Å². The van der Waals surface area contributed by atoms with Gasteiger partial charge in [0.05, 0.1) is 29.6 Å². The number of nitrogens with one attached hydrogen (secondary N) is 2. The van der Waals surface area contributed by atoms with Crippen molar-refractivity contribution in [2.75, 3.05) is 36.5 Å². The molecule has 1 aliphatic heterocycles. The molecule has 1 amide bonds. The highest BCUT2D eigenvalue weighted by atomic mass is 35.5. The molecule has 1 heterocycles. The number of nitrogens with zero attached hydrogens (tertiary/aromatic N) is 1. The number of rotatable bonds is 5. The molecule has 0 saturated carbocycles. The van der Waals surface area contributed by atoms with E-state index < -0.39 is 0 Å². The second-order valence-corrected chi connectivity index (χ2v) is 8.15. The Morgan fingerprint density at radius 1 is 1.17 bits per heavy atom. The molecule has 3 rings (SSSR count). The second-order valence-electron chi connectivity index (χ2n) is 7.33. The molecule has 30 heavy (non-hydrogen) atoms. The van der Waals surface area contributed by atoms with Gasteiger partial charge < -0.3 is 15.0 Å². The van der Waals surface area contributed by atoms with Crippen LogP contribution in [0.1, 0.15) is 30.9 Å². The third-order valence-electron chi connectivity index (χ3n) is 4.83. The Morgan fingerprint density at radius 2 is 1.87 bits per heavy atom. The van der Waals surface area contributed by atoms with E-state index in [2.05, 4.69) is 41.5 Å². The summed E-state index contributed by atoms with van der Waals surface area (Å²) in [4.78, 5) is 14.4. The van der Waals surface area contributed by atoms with Gasteiger partial charge in [-0.3, -0.25) is 10.1 Å². The first-order chi connectivity index (χ1) is 14.4. The molecule has 0 aliphatic carbocycles. The van der Waals surface area contributed by atoms with E-state index in [1.807, 2.05) is 30.3 Å². The van der Waals surface area contributed by atoms with Crippen LogP contribution in [-0.4, -0.2) is 37.3 Å². The van der Waals surface area contributed by atoms with Gasteiger partial charge in [-0.1, -0.05) is 55.8 Å². The zero-order chi connectivity index (χ0) is 21.5. The van der Waals surface area contributed by atoms with Crippen molar-refractivity contribution in [1.29, 1.82) is 0 Å². The zero-order valence-electron chi connectivity index (χ0n) is 17.2. The Morgan fingerprint density at radius 3 is 2.53 bits per heavy atom. The molecule has 0 aromatic heterocycles. The number of anilines is 2. The third kappa shape index (κ3) is 6.05. The standard InChI is InChI=1S/C23H26ClN3O2S/c1-16(2)18-9-6-17(7-10-18)8-11-21(28)26-23(30)25-20-5-3-4-19(24)22(20)27-12-14-29-15-13-27/h3-11,16H,12-15H2,1-2H3,(H2,25,26,28,30). The Bertz CT molecular complexity index is 923. The summed E-state index contributed by atoms with van der Waals surface area (Å²) in [6, 6.07) is 13.7. The van der Waals surface area contributed by atoms with Gasteiger partial charge in [0.2, 0.25) is 5.91 Å². The van der Waals surface area contributed by atoms with E-state index in [1.54, 1.807) is 6.08 Å². The first-order valence-corrected chi connectivity index (χ1v) is 10.7. The number of carbonyl (C=O) groups excluding carboxylic acids is 1. The van der Waals surface area contributed by atoms with Gasteiger partial charge in [-0.05, 0) is 47.5 Å². The fraction of sp³-hybridized carbons (Fsp3) is 0.304. The van der Waals surface area contributed by atoms with Crippen LogP contribution >= 0.6 is 23.8 Å². The van der Waals surface area contributed by atoms with E-state index in [1.165, 1.54) is 11.6 Å². The van der Waals surface area contributed by atoms with Gasteiger partial charge in [-0.2, -0.15) is 0 Å². The lowest BCUT2D eigenvalue weighted by atomic mass is 10.0. The van der Waals surface area contributed by atoms with Crippen LogP contribution in [-0.2, 0) is 9.53 Å². The van der Waals surface area contributed by atoms with Crippen molar-refractivity contribution in [3.63, 3.8) is 0 Å². The summed E-state index contributed by atoms with van der Waals surface area (Å²) < 4.78 is 5.42. The van der Waals surface area contributed by atoms with E-state index in [0.717, 1.165) is 30.0 Å². The van der Waals surface area contributed by atoms with Crippen molar-refractivity contribution in [2.24, 2.45) is 0 Å². The van der Waals surface area contributed by atoms with E-state index in [9.17, 15) is 4.79 Å². The van der Waals surface area contributed by atoms with Gasteiger partial charge in [0.15, 0.2) is 5.11 Å². The zero-order valence-corrected chi connectivity index (χ0v) is 18.7. The number of benzene rings is 2. The van der Waals surface area contributed by atoms with E-state index in [0.29, 0.717) is 24.2 Å². The predicted octanol–water partition coefficient (Wildman–Crippen LogP) is 4.83. The highest BCUT2D eigenvalue weighted by Gasteiger charge is 2.18. The summed E-state index contributed by atoms with van der Waals surface area (Å²) in [5.74, 6) is 0.180. The number of ether oxygens (including phenoxy) is 1. The average Bonchev–Trinajstić information content (AvgIpc) is 2.73. The van der Waals surface area contributed by atoms with Gasteiger partial charge in [-0.25, -0.2) is 0 Å². The lowest BCUT2D eigenvalue weighted by Crippen LogP contribution is -2.38. The smallest absolute Gasteiger partial charge is 0.250 e. The van der Waals surface area contributed by atoms with E-state index in [-0.39, 0.29) is 11.0 Å². The molecule has 0 unspecified atom stereocenters. The van der Waals surface area contributed by atoms with Crippen molar-refractivity contribution in [2.45, 2.75) is 19.8 Å². The van der Waals surface area contributed by atoms with Gasteiger partial charge in [-0.15, -0.1) is 0 Å². The van der Waals surface area contributed by atoms with Gasteiger partial charge in [0, 0.05) is 19.2 Å². The highest BCUT2D eigenvalue weighted by Crippen LogP contribution is 2.34. The minimum absolute atomic E-state index is 0.219. The maximum absolute atomic E-state index is 12.3. The minimum Gasteiger partial charge on any atom is -0.378 e. The first kappa shape index (κ1) is 22.3. The number of hydrogen-bond donors (Lipinski definition) is 2. The van der Waals surface area contributed by atoms with Crippen molar-refractivity contribution < 1.29 is 9.53 Å². The van der Waals surface area contributed by atoms with E-state index >= 15 is 0 Å². The molecule has 1 aliphatic rings. The van der Waals surface area contributed by atoms with Gasteiger partial charge >= 0.3 is 0 Å². The molecule has 2 aromatic carbocycles.